The number of nitrogens with zero attached hydrogens (tertiary/aromatic N) is 1. The fourth-order valence-electron chi connectivity index (χ4n) is 5.04. The molecule has 5 heteroatoms. The second-order valence-electron chi connectivity index (χ2n) is 9.69. The van der Waals surface area contributed by atoms with Crippen molar-refractivity contribution >= 4 is 17.4 Å². The molecule has 0 radical (unpaired) electrons. The minimum atomic E-state index is -0.331. The highest BCUT2D eigenvalue weighted by atomic mass is 16.2. The van der Waals surface area contributed by atoms with Crippen LogP contribution >= 0.6 is 0 Å². The molecular weight excluding hydrogens is 458 g/mol. The predicted octanol–water partition coefficient (Wildman–Crippen LogP) is 4.75. The Balaban J connectivity index is 1.48. The van der Waals surface area contributed by atoms with Crippen LogP contribution in [0.15, 0.2) is 84.9 Å². The molecule has 37 heavy (non-hydrogen) atoms. The summed E-state index contributed by atoms with van der Waals surface area (Å²) in [4.78, 5) is 26.7. The largest absolute Gasteiger partial charge is 0.356 e. The molecule has 0 fully saturated rings. The molecule has 0 saturated heterocycles. The van der Waals surface area contributed by atoms with Gasteiger partial charge in [-0.15, -0.1) is 0 Å². The maximum atomic E-state index is 13.2. The van der Waals surface area contributed by atoms with Gasteiger partial charge in [0.25, 0.3) is 0 Å². The monoisotopic (exact) mass is 495 g/mol. The topological polar surface area (TPSA) is 61.4 Å². The molecule has 5 nitrogen and oxygen atoms in total. The number of nitrogens with one attached hydrogen (secondary N) is 2. The van der Waals surface area contributed by atoms with E-state index < -0.39 is 0 Å². The summed E-state index contributed by atoms with van der Waals surface area (Å²) in [5.41, 5.74) is 7.71. The molecule has 0 saturated carbocycles. The van der Waals surface area contributed by atoms with Crippen molar-refractivity contribution in [3.05, 3.63) is 113 Å². The SMILES string of the molecule is CC(=O)NCCC(C(=O)NCc1ccccc1)N(C)CCC=C1c2ccccc2CCc2ccccc21. The fourth-order valence-corrected chi connectivity index (χ4v) is 5.04. The van der Waals surface area contributed by atoms with E-state index in [9.17, 15) is 9.59 Å². The molecule has 1 unspecified atom stereocenters. The van der Waals surface area contributed by atoms with Crippen LogP contribution in [0.25, 0.3) is 5.57 Å². The Morgan fingerprint density at radius 1 is 0.865 bits per heavy atom. The molecule has 0 aliphatic heterocycles. The van der Waals surface area contributed by atoms with Crippen LogP contribution in [-0.2, 0) is 29.0 Å². The van der Waals surface area contributed by atoms with Crippen molar-refractivity contribution in [1.29, 1.82) is 0 Å². The molecule has 192 valence electrons. The van der Waals surface area contributed by atoms with Crippen molar-refractivity contribution in [3.8, 4) is 0 Å². The molecule has 2 N–H and O–H groups in total. The molecule has 3 aromatic rings. The lowest BCUT2D eigenvalue weighted by Crippen LogP contribution is -2.46. The molecule has 3 aromatic carbocycles. The lowest BCUT2D eigenvalue weighted by Gasteiger charge is -2.27. The molecular formula is C32H37N3O2. The van der Waals surface area contributed by atoms with Crippen molar-refractivity contribution in [2.24, 2.45) is 0 Å². The van der Waals surface area contributed by atoms with Gasteiger partial charge < -0.3 is 10.6 Å². The van der Waals surface area contributed by atoms with Gasteiger partial charge in [0.15, 0.2) is 0 Å². The smallest absolute Gasteiger partial charge is 0.237 e. The summed E-state index contributed by atoms with van der Waals surface area (Å²) in [5.74, 6) is -0.101. The van der Waals surface area contributed by atoms with Gasteiger partial charge in [0.1, 0.15) is 0 Å². The van der Waals surface area contributed by atoms with Gasteiger partial charge >= 0.3 is 0 Å². The first-order chi connectivity index (χ1) is 18.0. The van der Waals surface area contributed by atoms with E-state index in [-0.39, 0.29) is 17.9 Å². The number of amides is 2. The standard InChI is InChI=1S/C32H37N3O2/c1-24(36)33-21-20-31(32(37)34-23-25-11-4-3-5-12-25)35(2)22-10-17-30-28-15-8-6-13-26(28)18-19-27-14-7-9-16-29(27)30/h3-9,11-17,31H,10,18-23H2,1-2H3,(H,33,36)(H,34,37). The van der Waals surface area contributed by atoms with E-state index in [2.05, 4.69) is 70.1 Å². The zero-order valence-electron chi connectivity index (χ0n) is 21.9. The van der Waals surface area contributed by atoms with Crippen molar-refractivity contribution in [3.63, 3.8) is 0 Å². The highest BCUT2D eigenvalue weighted by Crippen LogP contribution is 2.33. The molecule has 4 rings (SSSR count). The van der Waals surface area contributed by atoms with E-state index in [1.54, 1.807) is 0 Å². The van der Waals surface area contributed by atoms with E-state index in [1.807, 2.05) is 37.4 Å². The van der Waals surface area contributed by atoms with E-state index >= 15 is 0 Å². The van der Waals surface area contributed by atoms with Crippen molar-refractivity contribution in [1.82, 2.24) is 15.5 Å². The van der Waals surface area contributed by atoms with E-state index in [4.69, 9.17) is 0 Å². The number of likely N-dealkylation sites (N-methyl/N-ethyl adjacent to an activating group) is 1. The summed E-state index contributed by atoms with van der Waals surface area (Å²) in [6, 6.07) is 27.0. The Morgan fingerprint density at radius 2 is 1.46 bits per heavy atom. The van der Waals surface area contributed by atoms with Crippen LogP contribution in [0.3, 0.4) is 0 Å². The molecule has 0 aromatic heterocycles. The Labute approximate surface area is 220 Å². The van der Waals surface area contributed by atoms with Gasteiger partial charge in [-0.05, 0) is 66.1 Å². The van der Waals surface area contributed by atoms with Crippen LogP contribution in [0.1, 0.15) is 47.6 Å². The minimum Gasteiger partial charge on any atom is -0.356 e. The van der Waals surface area contributed by atoms with E-state index in [1.165, 1.54) is 34.8 Å². The molecule has 2 amide bonds. The second-order valence-corrected chi connectivity index (χ2v) is 9.69. The molecule has 1 atom stereocenters. The lowest BCUT2D eigenvalue weighted by atomic mass is 9.93. The second kappa shape index (κ2) is 13.0. The quantitative estimate of drug-likeness (QED) is 0.427. The number of hydrogen-bond acceptors (Lipinski definition) is 3. The number of aryl methyl sites for hydroxylation is 2. The number of benzene rings is 3. The maximum absolute atomic E-state index is 13.2. The third kappa shape index (κ3) is 7.17. The Hall–Kier alpha value is -3.70. The van der Waals surface area contributed by atoms with Gasteiger partial charge in [-0.3, -0.25) is 14.5 Å². The van der Waals surface area contributed by atoms with Crippen LogP contribution in [0.4, 0.5) is 0 Å². The van der Waals surface area contributed by atoms with Crippen LogP contribution < -0.4 is 10.6 Å². The first kappa shape index (κ1) is 26.4. The third-order valence-electron chi connectivity index (χ3n) is 7.05. The molecule has 0 heterocycles. The number of carbonyl (C=O) groups is 2. The van der Waals surface area contributed by atoms with Gasteiger partial charge in [-0.1, -0.05) is 84.9 Å². The van der Waals surface area contributed by atoms with Crippen molar-refractivity contribution in [2.45, 2.75) is 45.2 Å². The molecule has 0 bridgehead atoms. The van der Waals surface area contributed by atoms with E-state index in [0.29, 0.717) is 19.5 Å². The Morgan fingerprint density at radius 3 is 2.08 bits per heavy atom. The predicted molar refractivity (Wildman–Crippen MR) is 150 cm³/mol. The summed E-state index contributed by atoms with van der Waals surface area (Å²) in [6.45, 7) is 3.19. The zero-order chi connectivity index (χ0) is 26.0. The highest BCUT2D eigenvalue weighted by molar-refractivity contribution is 5.84. The van der Waals surface area contributed by atoms with Crippen LogP contribution in [0.2, 0.25) is 0 Å². The van der Waals surface area contributed by atoms with Crippen molar-refractivity contribution in [2.75, 3.05) is 20.1 Å². The summed E-state index contributed by atoms with van der Waals surface area (Å²) in [6.07, 6.45) is 5.77. The lowest BCUT2D eigenvalue weighted by molar-refractivity contribution is -0.127. The summed E-state index contributed by atoms with van der Waals surface area (Å²) in [5, 5.41) is 5.92. The Kier molecular flexibility index (Phi) is 9.28. The van der Waals surface area contributed by atoms with Crippen LogP contribution in [0, 0.1) is 0 Å². The summed E-state index contributed by atoms with van der Waals surface area (Å²) < 4.78 is 0. The van der Waals surface area contributed by atoms with Gasteiger partial charge in [-0.25, -0.2) is 0 Å². The van der Waals surface area contributed by atoms with Gasteiger partial charge in [0.2, 0.25) is 11.8 Å². The molecule has 1 aliphatic carbocycles. The average molecular weight is 496 g/mol. The molecule has 1 aliphatic rings. The number of carbonyl (C=O) groups excluding carboxylic acids is 2. The summed E-state index contributed by atoms with van der Waals surface area (Å²) in [7, 11) is 1.99. The maximum Gasteiger partial charge on any atom is 0.237 e. The average Bonchev–Trinajstić information content (AvgIpc) is 3.07. The minimum absolute atomic E-state index is 0.0190. The zero-order valence-corrected chi connectivity index (χ0v) is 21.9. The summed E-state index contributed by atoms with van der Waals surface area (Å²) >= 11 is 0. The van der Waals surface area contributed by atoms with Gasteiger partial charge in [-0.2, -0.15) is 0 Å². The first-order valence-corrected chi connectivity index (χ1v) is 13.2. The fraction of sp³-hybridized carbons (Fsp3) is 0.312. The highest BCUT2D eigenvalue weighted by Gasteiger charge is 2.23. The number of fused-ring (bicyclic) bond motifs is 2. The van der Waals surface area contributed by atoms with Crippen LogP contribution in [0.5, 0.6) is 0 Å². The number of hydrogen-bond donors (Lipinski definition) is 2. The number of rotatable bonds is 10. The third-order valence-corrected chi connectivity index (χ3v) is 7.05. The first-order valence-electron chi connectivity index (χ1n) is 13.2. The van der Waals surface area contributed by atoms with Crippen LogP contribution in [-0.4, -0.2) is 42.9 Å². The van der Waals surface area contributed by atoms with Crippen molar-refractivity contribution < 1.29 is 9.59 Å². The van der Waals surface area contributed by atoms with Gasteiger partial charge in [0.05, 0.1) is 6.04 Å². The van der Waals surface area contributed by atoms with E-state index in [0.717, 1.165) is 31.4 Å². The molecule has 0 spiro atoms. The normalized spacial score (nSPS) is 13.2. The Bertz CT molecular complexity index is 1190. The van der Waals surface area contributed by atoms with Gasteiger partial charge in [0, 0.05) is 26.6 Å².